The van der Waals surface area contributed by atoms with Crippen molar-refractivity contribution in [3.8, 4) is 0 Å². The van der Waals surface area contributed by atoms with Gasteiger partial charge in [0.15, 0.2) is 0 Å². The molecule has 2 rings (SSSR count). The Morgan fingerprint density at radius 2 is 2.04 bits per heavy atom. The van der Waals surface area contributed by atoms with Crippen LogP contribution in [0.25, 0.3) is 0 Å². The Bertz CT molecular complexity index is 558. The predicted molar refractivity (Wildman–Crippen MR) is 84.6 cm³/mol. The average Bonchev–Trinajstić information content (AvgIpc) is 2.52. The molecule has 8 heteroatoms. The Morgan fingerprint density at radius 3 is 2.70 bits per heavy atom. The quantitative estimate of drug-likeness (QED) is 0.814. The molecule has 2 amide bonds. The molecule has 1 atom stereocenters. The number of aromatic nitrogens is 2. The van der Waals surface area contributed by atoms with Gasteiger partial charge in [0.05, 0.1) is 12.5 Å². The lowest BCUT2D eigenvalue weighted by Crippen LogP contribution is -2.46. The number of carbonyl (C=O) groups is 2. The van der Waals surface area contributed by atoms with E-state index in [1.807, 2.05) is 19.9 Å². The summed E-state index contributed by atoms with van der Waals surface area (Å²) >= 11 is 0. The SMILES string of the molecule is CCOC(=O)N1CCC[C@@H](C(=O)NNc2nc(C)cc(C)n2)C1. The van der Waals surface area contributed by atoms with Gasteiger partial charge in [-0.1, -0.05) is 0 Å². The minimum absolute atomic E-state index is 0.179. The van der Waals surface area contributed by atoms with Gasteiger partial charge in [-0.15, -0.1) is 0 Å². The lowest BCUT2D eigenvalue weighted by atomic mass is 9.98. The zero-order chi connectivity index (χ0) is 16.8. The number of piperidine rings is 1. The number of ether oxygens (including phenoxy) is 1. The third kappa shape index (κ3) is 4.80. The third-order valence-corrected chi connectivity index (χ3v) is 3.60. The number of carbonyl (C=O) groups excluding carboxylic acids is 2. The number of hydrazine groups is 1. The fraction of sp³-hybridized carbons (Fsp3) is 0.600. The Morgan fingerprint density at radius 1 is 1.35 bits per heavy atom. The first-order chi connectivity index (χ1) is 11.0. The summed E-state index contributed by atoms with van der Waals surface area (Å²) in [7, 11) is 0. The summed E-state index contributed by atoms with van der Waals surface area (Å²) in [6.07, 6.45) is 1.14. The second-order valence-corrected chi connectivity index (χ2v) is 5.57. The summed E-state index contributed by atoms with van der Waals surface area (Å²) in [5.41, 5.74) is 7.00. The maximum atomic E-state index is 12.3. The van der Waals surface area contributed by atoms with Crippen LogP contribution in [0.1, 0.15) is 31.2 Å². The highest BCUT2D eigenvalue weighted by Crippen LogP contribution is 2.17. The van der Waals surface area contributed by atoms with Gasteiger partial charge < -0.3 is 9.64 Å². The lowest BCUT2D eigenvalue weighted by molar-refractivity contribution is -0.125. The van der Waals surface area contributed by atoms with E-state index in [0.717, 1.165) is 24.2 Å². The van der Waals surface area contributed by atoms with Gasteiger partial charge in [0, 0.05) is 24.5 Å². The molecule has 0 radical (unpaired) electrons. The van der Waals surface area contributed by atoms with Gasteiger partial charge in [-0.3, -0.25) is 15.6 Å². The largest absolute Gasteiger partial charge is 0.450 e. The number of aryl methyl sites for hydroxylation is 2. The topological polar surface area (TPSA) is 96.5 Å². The van der Waals surface area contributed by atoms with Gasteiger partial charge in [0.2, 0.25) is 11.9 Å². The number of nitrogens with one attached hydrogen (secondary N) is 2. The molecule has 126 valence electrons. The van der Waals surface area contributed by atoms with Crippen LogP contribution in [-0.2, 0) is 9.53 Å². The van der Waals surface area contributed by atoms with Crippen molar-refractivity contribution in [1.82, 2.24) is 20.3 Å². The normalized spacial score (nSPS) is 17.5. The van der Waals surface area contributed by atoms with Crippen LogP contribution in [0.2, 0.25) is 0 Å². The van der Waals surface area contributed by atoms with E-state index >= 15 is 0 Å². The highest BCUT2D eigenvalue weighted by atomic mass is 16.6. The average molecular weight is 321 g/mol. The van der Waals surface area contributed by atoms with E-state index in [-0.39, 0.29) is 17.9 Å². The van der Waals surface area contributed by atoms with Crippen LogP contribution in [0.5, 0.6) is 0 Å². The second-order valence-electron chi connectivity index (χ2n) is 5.57. The van der Waals surface area contributed by atoms with Gasteiger partial charge in [-0.25, -0.2) is 14.8 Å². The number of hydrogen-bond donors (Lipinski definition) is 2. The van der Waals surface area contributed by atoms with Crippen LogP contribution < -0.4 is 10.9 Å². The van der Waals surface area contributed by atoms with Crippen molar-refractivity contribution in [2.45, 2.75) is 33.6 Å². The smallest absolute Gasteiger partial charge is 0.409 e. The molecule has 0 aliphatic carbocycles. The lowest BCUT2D eigenvalue weighted by Gasteiger charge is -2.31. The van der Waals surface area contributed by atoms with Crippen molar-refractivity contribution in [2.75, 3.05) is 25.1 Å². The van der Waals surface area contributed by atoms with E-state index in [1.165, 1.54) is 0 Å². The van der Waals surface area contributed by atoms with Crippen molar-refractivity contribution < 1.29 is 14.3 Å². The molecule has 23 heavy (non-hydrogen) atoms. The van der Waals surface area contributed by atoms with E-state index in [9.17, 15) is 9.59 Å². The van der Waals surface area contributed by atoms with E-state index in [0.29, 0.717) is 25.6 Å². The monoisotopic (exact) mass is 321 g/mol. The van der Waals surface area contributed by atoms with Gasteiger partial charge in [0.25, 0.3) is 0 Å². The number of nitrogens with zero attached hydrogens (tertiary/aromatic N) is 3. The maximum absolute atomic E-state index is 12.3. The number of anilines is 1. The number of hydrogen-bond acceptors (Lipinski definition) is 6. The highest BCUT2D eigenvalue weighted by Gasteiger charge is 2.29. The molecule has 1 fully saturated rings. The van der Waals surface area contributed by atoms with Gasteiger partial charge in [0.1, 0.15) is 0 Å². The molecule has 0 saturated carbocycles. The Kier molecular flexibility index (Phi) is 5.72. The standard InChI is InChI=1S/C15H23N5O3/c1-4-23-15(22)20-7-5-6-12(9-20)13(21)18-19-14-16-10(2)8-11(3)17-14/h8,12H,4-7,9H2,1-3H3,(H,18,21)(H,16,17,19)/t12-/m1/s1. The number of likely N-dealkylation sites (tertiary alicyclic amines) is 1. The fourth-order valence-corrected chi connectivity index (χ4v) is 2.57. The molecule has 0 spiro atoms. The van der Waals surface area contributed by atoms with Crippen molar-refractivity contribution >= 4 is 17.9 Å². The fourth-order valence-electron chi connectivity index (χ4n) is 2.57. The summed E-state index contributed by atoms with van der Waals surface area (Å²) in [6, 6.07) is 1.85. The van der Waals surface area contributed by atoms with Crippen LogP contribution in [-0.4, -0.2) is 46.6 Å². The molecule has 1 aliphatic rings. The minimum atomic E-state index is -0.365. The van der Waals surface area contributed by atoms with Crippen LogP contribution in [0, 0.1) is 19.8 Å². The Hall–Kier alpha value is -2.38. The van der Waals surface area contributed by atoms with Crippen LogP contribution in [0.3, 0.4) is 0 Å². The molecule has 0 bridgehead atoms. The molecule has 2 N–H and O–H groups in total. The second kappa shape index (κ2) is 7.75. The summed E-state index contributed by atoms with van der Waals surface area (Å²) in [5.74, 6) is -0.0952. The molecule has 1 aliphatic heterocycles. The molecular weight excluding hydrogens is 298 g/mol. The number of rotatable bonds is 4. The first-order valence-electron chi connectivity index (χ1n) is 7.79. The summed E-state index contributed by atoms with van der Waals surface area (Å²) in [4.78, 5) is 34.0. The maximum Gasteiger partial charge on any atom is 0.409 e. The first-order valence-corrected chi connectivity index (χ1v) is 7.79. The van der Waals surface area contributed by atoms with E-state index in [1.54, 1.807) is 11.8 Å². The van der Waals surface area contributed by atoms with Crippen molar-refractivity contribution in [3.05, 3.63) is 17.5 Å². The summed E-state index contributed by atoms with van der Waals surface area (Å²) in [5, 5.41) is 0. The van der Waals surface area contributed by atoms with Crippen molar-refractivity contribution in [2.24, 2.45) is 5.92 Å². The van der Waals surface area contributed by atoms with Gasteiger partial charge >= 0.3 is 6.09 Å². The molecule has 1 aromatic heterocycles. The molecular formula is C15H23N5O3. The zero-order valence-electron chi connectivity index (χ0n) is 13.8. The Balaban J connectivity index is 1.88. The predicted octanol–water partition coefficient (Wildman–Crippen LogP) is 1.41. The van der Waals surface area contributed by atoms with E-state index < -0.39 is 0 Å². The van der Waals surface area contributed by atoms with Gasteiger partial charge in [-0.05, 0) is 39.7 Å². The van der Waals surface area contributed by atoms with Crippen LogP contribution >= 0.6 is 0 Å². The van der Waals surface area contributed by atoms with E-state index in [2.05, 4.69) is 20.8 Å². The molecule has 0 aromatic carbocycles. The molecule has 1 aromatic rings. The summed E-state index contributed by atoms with van der Waals surface area (Å²) < 4.78 is 4.98. The Labute approximate surface area is 135 Å². The number of amides is 2. The molecule has 1 saturated heterocycles. The summed E-state index contributed by atoms with van der Waals surface area (Å²) in [6.45, 7) is 6.80. The first kappa shape index (κ1) is 17.0. The van der Waals surface area contributed by atoms with Crippen LogP contribution in [0.4, 0.5) is 10.7 Å². The minimum Gasteiger partial charge on any atom is -0.450 e. The van der Waals surface area contributed by atoms with Gasteiger partial charge in [-0.2, -0.15) is 0 Å². The molecule has 8 nitrogen and oxygen atoms in total. The van der Waals surface area contributed by atoms with Crippen LogP contribution in [0.15, 0.2) is 6.07 Å². The van der Waals surface area contributed by atoms with E-state index in [4.69, 9.17) is 4.74 Å². The zero-order valence-corrected chi connectivity index (χ0v) is 13.8. The third-order valence-electron chi connectivity index (χ3n) is 3.60. The van der Waals surface area contributed by atoms with Crippen molar-refractivity contribution in [3.63, 3.8) is 0 Å². The molecule has 0 unspecified atom stereocenters. The van der Waals surface area contributed by atoms with Crippen molar-refractivity contribution in [1.29, 1.82) is 0 Å². The highest BCUT2D eigenvalue weighted by molar-refractivity contribution is 5.80. The molecule has 2 heterocycles.